The number of hydrogen-bond donors (Lipinski definition) is 0. The fourth-order valence-corrected chi connectivity index (χ4v) is 4.14. The molecule has 6 heteroatoms. The van der Waals surface area contributed by atoms with Gasteiger partial charge in [-0.3, -0.25) is 0 Å². The summed E-state index contributed by atoms with van der Waals surface area (Å²) in [7, 11) is 0. The lowest BCUT2D eigenvalue weighted by molar-refractivity contribution is 0.0526. The van der Waals surface area contributed by atoms with Crippen molar-refractivity contribution in [3.05, 3.63) is 58.3 Å². The average molecular weight is 386 g/mol. The molecule has 3 rings (SSSR count). The predicted molar refractivity (Wildman–Crippen MR) is 105 cm³/mol. The Morgan fingerprint density at radius 3 is 1.62 bits per heavy atom. The second-order valence-electron chi connectivity index (χ2n) is 5.34. The van der Waals surface area contributed by atoms with Gasteiger partial charge in [-0.15, -0.1) is 22.7 Å². The van der Waals surface area contributed by atoms with E-state index in [9.17, 15) is 9.59 Å². The zero-order chi connectivity index (χ0) is 18.5. The minimum atomic E-state index is -0.445. The van der Waals surface area contributed by atoms with E-state index in [1.165, 1.54) is 22.7 Å². The zero-order valence-electron chi connectivity index (χ0n) is 14.5. The summed E-state index contributed by atoms with van der Waals surface area (Å²) in [5.41, 5.74) is 2.26. The summed E-state index contributed by atoms with van der Waals surface area (Å²) in [6.45, 7) is 4.05. The average Bonchev–Trinajstić information content (AvgIpc) is 3.35. The first-order valence-electron chi connectivity index (χ1n) is 8.25. The van der Waals surface area contributed by atoms with Crippen LogP contribution in [-0.4, -0.2) is 25.2 Å². The van der Waals surface area contributed by atoms with Crippen molar-refractivity contribution in [2.24, 2.45) is 0 Å². The second kappa shape index (κ2) is 8.29. The fourth-order valence-electron chi connectivity index (χ4n) is 2.63. The second-order valence-corrected chi connectivity index (χ2v) is 7.23. The van der Waals surface area contributed by atoms with Gasteiger partial charge in [0.1, 0.15) is 0 Å². The topological polar surface area (TPSA) is 52.6 Å². The van der Waals surface area contributed by atoms with Gasteiger partial charge in [0.2, 0.25) is 0 Å². The molecule has 2 heterocycles. The van der Waals surface area contributed by atoms with Crippen LogP contribution in [0.5, 0.6) is 0 Å². The molecule has 1 aromatic carbocycles. The molecule has 0 amide bonds. The highest BCUT2D eigenvalue weighted by molar-refractivity contribution is 7.14. The predicted octanol–water partition coefficient (Wildman–Crippen LogP) is 5.50. The molecule has 0 radical (unpaired) electrons. The molecule has 26 heavy (non-hydrogen) atoms. The summed E-state index contributed by atoms with van der Waals surface area (Å²) < 4.78 is 10.4. The zero-order valence-corrected chi connectivity index (χ0v) is 16.1. The summed E-state index contributed by atoms with van der Waals surface area (Å²) in [6, 6.07) is 11.2. The molecule has 0 unspecified atom stereocenters. The van der Waals surface area contributed by atoms with Crippen molar-refractivity contribution >= 4 is 34.6 Å². The lowest BCUT2D eigenvalue weighted by Gasteiger charge is -2.14. The molecular weight excluding hydrogens is 368 g/mol. The number of esters is 2. The third kappa shape index (κ3) is 3.71. The molecule has 0 bridgehead atoms. The van der Waals surface area contributed by atoms with Crippen LogP contribution in [0.3, 0.4) is 0 Å². The molecule has 0 aliphatic carbocycles. The van der Waals surface area contributed by atoms with E-state index in [2.05, 4.69) is 0 Å². The largest absolute Gasteiger partial charge is 0.462 e. The van der Waals surface area contributed by atoms with E-state index in [4.69, 9.17) is 9.47 Å². The number of thiophene rings is 2. The van der Waals surface area contributed by atoms with Crippen LogP contribution in [0.1, 0.15) is 34.6 Å². The van der Waals surface area contributed by atoms with Crippen molar-refractivity contribution in [3.8, 4) is 20.9 Å². The van der Waals surface area contributed by atoms with Crippen LogP contribution in [0.2, 0.25) is 0 Å². The Balaban J connectivity index is 2.25. The van der Waals surface area contributed by atoms with Crippen molar-refractivity contribution in [2.45, 2.75) is 13.8 Å². The summed E-state index contributed by atoms with van der Waals surface area (Å²) in [4.78, 5) is 26.9. The Hall–Kier alpha value is -2.44. The Morgan fingerprint density at radius 2 is 1.27 bits per heavy atom. The van der Waals surface area contributed by atoms with Gasteiger partial charge in [-0.1, -0.05) is 12.1 Å². The fraction of sp³-hybridized carbons (Fsp3) is 0.200. The van der Waals surface area contributed by atoms with Gasteiger partial charge >= 0.3 is 11.9 Å². The monoisotopic (exact) mass is 386 g/mol. The van der Waals surface area contributed by atoms with Gasteiger partial charge in [0, 0.05) is 20.9 Å². The van der Waals surface area contributed by atoms with Crippen LogP contribution in [0.25, 0.3) is 20.9 Å². The van der Waals surface area contributed by atoms with E-state index in [-0.39, 0.29) is 13.2 Å². The molecule has 0 aliphatic rings. The number of ether oxygens (including phenoxy) is 2. The molecule has 134 valence electrons. The Morgan fingerprint density at radius 1 is 0.808 bits per heavy atom. The van der Waals surface area contributed by atoms with Crippen LogP contribution >= 0.6 is 22.7 Å². The number of carbonyl (C=O) groups is 2. The van der Waals surface area contributed by atoms with Gasteiger partial charge in [0.05, 0.1) is 24.3 Å². The maximum absolute atomic E-state index is 12.5. The lowest BCUT2D eigenvalue weighted by Crippen LogP contribution is -2.12. The highest BCUT2D eigenvalue weighted by Gasteiger charge is 2.23. The molecule has 0 saturated carbocycles. The number of hydrogen-bond acceptors (Lipinski definition) is 6. The maximum Gasteiger partial charge on any atom is 0.338 e. The first-order valence-corrected chi connectivity index (χ1v) is 10.0. The Bertz CT molecular complexity index is 825. The molecule has 4 nitrogen and oxygen atoms in total. The van der Waals surface area contributed by atoms with Gasteiger partial charge in [-0.05, 0) is 48.9 Å². The third-order valence-electron chi connectivity index (χ3n) is 3.72. The van der Waals surface area contributed by atoms with E-state index in [1.54, 1.807) is 19.9 Å². The smallest absolute Gasteiger partial charge is 0.338 e. The first kappa shape index (κ1) is 18.4. The number of carbonyl (C=O) groups excluding carboxylic acids is 2. The number of rotatable bonds is 6. The highest BCUT2D eigenvalue weighted by Crippen LogP contribution is 2.37. The van der Waals surface area contributed by atoms with Crippen molar-refractivity contribution < 1.29 is 19.1 Å². The van der Waals surface area contributed by atoms with Gasteiger partial charge in [-0.25, -0.2) is 9.59 Å². The summed E-state index contributed by atoms with van der Waals surface area (Å²) in [5, 5.41) is 3.91. The van der Waals surface area contributed by atoms with Crippen LogP contribution in [0, 0.1) is 0 Å². The molecule has 0 N–H and O–H groups in total. The summed E-state index contributed by atoms with van der Waals surface area (Å²) in [6.07, 6.45) is 0. The van der Waals surface area contributed by atoms with Gasteiger partial charge in [-0.2, -0.15) is 0 Å². The standard InChI is InChI=1S/C20H18O4S2/c1-3-23-19(21)15-12-16(20(22)24-4-2)14(18-8-6-10-26-18)11-13(15)17-7-5-9-25-17/h5-12H,3-4H2,1-2H3. The Labute approximate surface area is 160 Å². The molecule has 2 aromatic heterocycles. The molecular formula is C20H18O4S2. The molecule has 0 fully saturated rings. The van der Waals surface area contributed by atoms with Crippen molar-refractivity contribution in [3.63, 3.8) is 0 Å². The van der Waals surface area contributed by atoms with E-state index in [1.807, 2.05) is 41.1 Å². The van der Waals surface area contributed by atoms with Crippen molar-refractivity contribution in [1.29, 1.82) is 0 Å². The van der Waals surface area contributed by atoms with Gasteiger partial charge in [0.15, 0.2) is 0 Å². The van der Waals surface area contributed by atoms with E-state index in [0.717, 1.165) is 20.9 Å². The summed E-state index contributed by atoms with van der Waals surface area (Å²) in [5.74, 6) is -0.890. The van der Waals surface area contributed by atoms with Crippen LogP contribution in [-0.2, 0) is 9.47 Å². The highest BCUT2D eigenvalue weighted by atomic mass is 32.1. The van der Waals surface area contributed by atoms with Crippen LogP contribution in [0.4, 0.5) is 0 Å². The van der Waals surface area contributed by atoms with Gasteiger partial charge < -0.3 is 9.47 Å². The van der Waals surface area contributed by atoms with Crippen LogP contribution < -0.4 is 0 Å². The molecule has 3 aromatic rings. The molecule has 0 spiro atoms. The SMILES string of the molecule is CCOC(=O)c1cc(C(=O)OCC)c(-c2cccs2)cc1-c1cccs1. The quantitative estimate of drug-likeness (QED) is 0.525. The summed E-state index contributed by atoms with van der Waals surface area (Å²) >= 11 is 3.07. The van der Waals surface area contributed by atoms with Crippen LogP contribution in [0.15, 0.2) is 47.2 Å². The van der Waals surface area contributed by atoms with Gasteiger partial charge in [0.25, 0.3) is 0 Å². The van der Waals surface area contributed by atoms with Crippen molar-refractivity contribution in [2.75, 3.05) is 13.2 Å². The molecule has 0 saturated heterocycles. The Kier molecular flexibility index (Phi) is 5.85. The first-order chi connectivity index (χ1) is 12.7. The minimum Gasteiger partial charge on any atom is -0.462 e. The third-order valence-corrected chi connectivity index (χ3v) is 5.53. The maximum atomic E-state index is 12.5. The lowest BCUT2D eigenvalue weighted by atomic mass is 9.96. The van der Waals surface area contributed by atoms with E-state index >= 15 is 0 Å². The normalized spacial score (nSPS) is 10.5. The minimum absolute atomic E-state index is 0.268. The van der Waals surface area contributed by atoms with E-state index < -0.39 is 11.9 Å². The molecule has 0 aliphatic heterocycles. The van der Waals surface area contributed by atoms with E-state index in [0.29, 0.717) is 11.1 Å². The molecule has 0 atom stereocenters. The van der Waals surface area contributed by atoms with Crippen molar-refractivity contribution in [1.82, 2.24) is 0 Å². The number of benzene rings is 1.